The number of nitrogens with one attached hydrogen (secondary N) is 1. The van der Waals surface area contributed by atoms with E-state index in [1.54, 1.807) is 0 Å². The number of hydrogen-bond acceptors (Lipinski definition) is 2. The van der Waals surface area contributed by atoms with E-state index in [4.69, 9.17) is 0 Å². The number of carbonyl (C=O) groups excluding carboxylic acids is 1. The smallest absolute Gasteiger partial charge is 0.339 e. The third-order valence-electron chi connectivity index (χ3n) is 5.07. The van der Waals surface area contributed by atoms with E-state index in [-0.39, 0.29) is 17.7 Å². The standard InChI is InChI=1S/C22H19FN2O3/c1-22(2)12-25(20(26)13-6-5-7-14(23)10-13)11-16(21(27)28)19-18(22)15-8-3-4-9-17(15)24-19/h3-11,24H,12H2,1-2H3,(H,27,28). The van der Waals surface area contributed by atoms with Gasteiger partial charge in [0.15, 0.2) is 0 Å². The summed E-state index contributed by atoms with van der Waals surface area (Å²) < 4.78 is 13.6. The highest BCUT2D eigenvalue weighted by Gasteiger charge is 2.37. The molecule has 1 amide bonds. The van der Waals surface area contributed by atoms with Crippen LogP contribution in [0.25, 0.3) is 16.5 Å². The summed E-state index contributed by atoms with van der Waals surface area (Å²) in [5.41, 5.74) is 1.83. The summed E-state index contributed by atoms with van der Waals surface area (Å²) in [5.74, 6) is -2.10. The number of aromatic amines is 1. The Bertz CT molecular complexity index is 1140. The molecule has 1 aliphatic rings. The monoisotopic (exact) mass is 378 g/mol. The van der Waals surface area contributed by atoms with E-state index in [1.165, 1.54) is 29.3 Å². The highest BCUT2D eigenvalue weighted by atomic mass is 19.1. The Morgan fingerprint density at radius 3 is 2.61 bits per heavy atom. The van der Waals surface area contributed by atoms with Gasteiger partial charge in [-0.2, -0.15) is 0 Å². The number of para-hydroxylation sites is 1. The van der Waals surface area contributed by atoms with Crippen molar-refractivity contribution in [3.05, 3.63) is 77.4 Å². The first-order valence-electron chi connectivity index (χ1n) is 8.91. The second-order valence-corrected chi connectivity index (χ2v) is 7.60. The molecular weight excluding hydrogens is 359 g/mol. The molecule has 6 heteroatoms. The zero-order valence-electron chi connectivity index (χ0n) is 15.5. The number of carboxylic acid groups (broad SMARTS) is 1. The zero-order chi connectivity index (χ0) is 20.1. The molecule has 1 aliphatic heterocycles. The van der Waals surface area contributed by atoms with Gasteiger partial charge in [-0.1, -0.05) is 38.1 Å². The molecule has 2 heterocycles. The van der Waals surface area contributed by atoms with Crippen molar-refractivity contribution in [2.24, 2.45) is 0 Å². The Morgan fingerprint density at radius 1 is 1.14 bits per heavy atom. The number of hydrogen-bond donors (Lipinski definition) is 2. The van der Waals surface area contributed by atoms with Gasteiger partial charge in [-0.15, -0.1) is 0 Å². The van der Waals surface area contributed by atoms with Gasteiger partial charge in [0.25, 0.3) is 5.91 Å². The van der Waals surface area contributed by atoms with Gasteiger partial charge in [-0.05, 0) is 29.8 Å². The summed E-state index contributed by atoms with van der Waals surface area (Å²) in [6, 6.07) is 13.0. The van der Waals surface area contributed by atoms with Gasteiger partial charge in [-0.25, -0.2) is 9.18 Å². The minimum atomic E-state index is -1.14. The Balaban J connectivity index is 1.90. The van der Waals surface area contributed by atoms with Gasteiger partial charge >= 0.3 is 5.97 Å². The Morgan fingerprint density at radius 2 is 1.89 bits per heavy atom. The van der Waals surface area contributed by atoms with Crippen molar-refractivity contribution in [1.82, 2.24) is 9.88 Å². The normalized spacial score (nSPS) is 15.7. The quantitative estimate of drug-likeness (QED) is 0.703. The Hall–Kier alpha value is -3.41. The third kappa shape index (κ3) is 2.87. The predicted molar refractivity (Wildman–Crippen MR) is 104 cm³/mol. The van der Waals surface area contributed by atoms with Crippen LogP contribution in [0.15, 0.2) is 54.7 Å². The second kappa shape index (κ2) is 6.34. The summed E-state index contributed by atoms with van der Waals surface area (Å²) in [6.07, 6.45) is 1.35. The maximum absolute atomic E-state index is 13.6. The van der Waals surface area contributed by atoms with Crippen LogP contribution in [-0.2, 0) is 10.2 Å². The maximum Gasteiger partial charge on any atom is 0.339 e. The van der Waals surface area contributed by atoms with Crippen LogP contribution in [0.2, 0.25) is 0 Å². The van der Waals surface area contributed by atoms with Crippen LogP contribution >= 0.6 is 0 Å². The molecule has 0 radical (unpaired) electrons. The second-order valence-electron chi connectivity index (χ2n) is 7.60. The summed E-state index contributed by atoms with van der Waals surface area (Å²) in [6.45, 7) is 4.20. The first kappa shape index (κ1) is 18.0. The largest absolute Gasteiger partial charge is 0.478 e. The van der Waals surface area contributed by atoms with E-state index >= 15 is 0 Å². The number of aliphatic carboxylic acids is 1. The highest BCUT2D eigenvalue weighted by molar-refractivity contribution is 6.17. The molecule has 1 aromatic heterocycles. The van der Waals surface area contributed by atoms with Gasteiger partial charge in [0.1, 0.15) is 5.82 Å². The molecule has 0 atom stereocenters. The van der Waals surface area contributed by atoms with Crippen molar-refractivity contribution in [3.8, 4) is 0 Å². The number of H-pyrrole nitrogens is 1. The van der Waals surface area contributed by atoms with E-state index in [0.717, 1.165) is 22.5 Å². The molecule has 142 valence electrons. The molecule has 4 rings (SSSR count). The number of amides is 1. The average molecular weight is 378 g/mol. The van der Waals surface area contributed by atoms with Crippen LogP contribution < -0.4 is 0 Å². The molecule has 2 aromatic carbocycles. The lowest BCUT2D eigenvalue weighted by Crippen LogP contribution is -2.37. The molecule has 0 fully saturated rings. The predicted octanol–water partition coefficient (Wildman–Crippen LogP) is 4.17. The van der Waals surface area contributed by atoms with Crippen molar-refractivity contribution in [3.63, 3.8) is 0 Å². The Labute approximate surface area is 161 Å². The number of nitrogens with zero attached hydrogens (tertiary/aromatic N) is 1. The molecule has 28 heavy (non-hydrogen) atoms. The number of fused-ring (bicyclic) bond motifs is 3. The van der Waals surface area contributed by atoms with E-state index in [1.807, 2.05) is 38.1 Å². The topological polar surface area (TPSA) is 73.4 Å². The van der Waals surface area contributed by atoms with Gasteiger partial charge in [0.05, 0.1) is 11.3 Å². The fourth-order valence-corrected chi connectivity index (χ4v) is 3.90. The fraction of sp³-hybridized carbons (Fsp3) is 0.182. The Kier molecular flexibility index (Phi) is 4.07. The van der Waals surface area contributed by atoms with Crippen LogP contribution in [-0.4, -0.2) is 33.4 Å². The summed E-state index contributed by atoms with van der Waals surface area (Å²) in [7, 11) is 0. The molecule has 0 saturated carbocycles. The van der Waals surface area contributed by atoms with Crippen molar-refractivity contribution < 1.29 is 19.1 Å². The number of carbonyl (C=O) groups is 2. The van der Waals surface area contributed by atoms with Crippen molar-refractivity contribution >= 4 is 28.4 Å². The lowest BCUT2D eigenvalue weighted by Gasteiger charge is -2.29. The number of carboxylic acids is 1. The minimum Gasteiger partial charge on any atom is -0.478 e. The lowest BCUT2D eigenvalue weighted by atomic mass is 9.81. The highest BCUT2D eigenvalue weighted by Crippen LogP contribution is 2.40. The molecule has 0 unspecified atom stereocenters. The van der Waals surface area contributed by atoms with Gasteiger partial charge in [-0.3, -0.25) is 4.79 Å². The average Bonchev–Trinajstić information content (AvgIpc) is 2.98. The van der Waals surface area contributed by atoms with E-state index in [9.17, 15) is 19.1 Å². The molecule has 0 spiro atoms. The lowest BCUT2D eigenvalue weighted by molar-refractivity contribution is -0.130. The summed E-state index contributed by atoms with van der Waals surface area (Å²) >= 11 is 0. The first-order valence-corrected chi connectivity index (χ1v) is 8.91. The minimum absolute atomic E-state index is 0.00141. The van der Waals surface area contributed by atoms with Crippen molar-refractivity contribution in [2.75, 3.05) is 6.54 Å². The van der Waals surface area contributed by atoms with Crippen LogP contribution in [0.4, 0.5) is 4.39 Å². The van der Waals surface area contributed by atoms with Crippen LogP contribution in [0, 0.1) is 5.82 Å². The molecule has 5 nitrogen and oxygen atoms in total. The number of benzene rings is 2. The van der Waals surface area contributed by atoms with Gasteiger partial charge in [0.2, 0.25) is 0 Å². The van der Waals surface area contributed by atoms with Crippen LogP contribution in [0.5, 0.6) is 0 Å². The van der Waals surface area contributed by atoms with Gasteiger partial charge < -0.3 is 15.0 Å². The zero-order valence-corrected chi connectivity index (χ0v) is 15.5. The fourth-order valence-electron chi connectivity index (χ4n) is 3.90. The molecule has 3 aromatic rings. The number of aromatic nitrogens is 1. The molecule has 0 saturated heterocycles. The first-order chi connectivity index (χ1) is 13.3. The van der Waals surface area contributed by atoms with E-state index < -0.39 is 23.1 Å². The van der Waals surface area contributed by atoms with E-state index in [2.05, 4.69) is 4.98 Å². The number of halogens is 1. The molecule has 0 bridgehead atoms. The maximum atomic E-state index is 13.6. The molecule has 0 aliphatic carbocycles. The SMILES string of the molecule is CC1(C)CN(C(=O)c2cccc(F)c2)C=C(C(=O)O)c2[nH]c3ccccc3c21. The van der Waals surface area contributed by atoms with Gasteiger partial charge in [0, 0.05) is 34.6 Å². The number of rotatable bonds is 2. The van der Waals surface area contributed by atoms with Crippen molar-refractivity contribution in [2.45, 2.75) is 19.3 Å². The molecule has 2 N–H and O–H groups in total. The molecular formula is C22H19FN2O3. The van der Waals surface area contributed by atoms with E-state index in [0.29, 0.717) is 5.69 Å². The van der Waals surface area contributed by atoms with Crippen molar-refractivity contribution in [1.29, 1.82) is 0 Å². The van der Waals surface area contributed by atoms with Crippen LogP contribution in [0.3, 0.4) is 0 Å². The summed E-state index contributed by atoms with van der Waals surface area (Å²) in [4.78, 5) is 29.6. The van der Waals surface area contributed by atoms with Crippen LogP contribution in [0.1, 0.15) is 35.5 Å². The third-order valence-corrected chi connectivity index (χ3v) is 5.07. The summed E-state index contributed by atoms with van der Waals surface area (Å²) in [5, 5.41) is 10.8.